The van der Waals surface area contributed by atoms with Crippen molar-refractivity contribution < 1.29 is 9.18 Å². The minimum absolute atomic E-state index is 0.142. The molecule has 6 nitrogen and oxygen atoms in total. The Labute approximate surface area is 180 Å². The van der Waals surface area contributed by atoms with E-state index in [9.17, 15) is 9.18 Å². The number of carbonyl (C=O) groups is 1. The number of nitrogens with zero attached hydrogens (tertiary/aromatic N) is 4. The van der Waals surface area contributed by atoms with E-state index in [0.717, 1.165) is 49.9 Å². The number of halogens is 1. The standard InChI is InChI=1S/C24H24FN5O/c25-18-4-3-5-19(14-18)27-22-15-20(16-9-11-26-12-10-16)28-23(29-22)21-6-1-2-13-30(21)24(31)17-7-8-17/h3-5,9-12,14-15,17,21H,1-2,6-8,13H2,(H,27,28,29). The van der Waals surface area contributed by atoms with Gasteiger partial charge in [-0.2, -0.15) is 0 Å². The van der Waals surface area contributed by atoms with Gasteiger partial charge in [0.15, 0.2) is 5.82 Å². The normalized spacial score (nSPS) is 18.6. The van der Waals surface area contributed by atoms with E-state index < -0.39 is 0 Å². The Kier molecular flexibility index (Phi) is 5.32. The molecule has 1 unspecified atom stereocenters. The molecule has 1 saturated carbocycles. The maximum Gasteiger partial charge on any atom is 0.226 e. The van der Waals surface area contributed by atoms with Crippen LogP contribution in [0.5, 0.6) is 0 Å². The average Bonchev–Trinajstić information content (AvgIpc) is 3.65. The van der Waals surface area contributed by atoms with Gasteiger partial charge in [0.25, 0.3) is 0 Å². The molecule has 2 aromatic heterocycles. The molecule has 1 atom stereocenters. The number of benzene rings is 1. The summed E-state index contributed by atoms with van der Waals surface area (Å²) < 4.78 is 13.7. The first-order valence-electron chi connectivity index (χ1n) is 10.8. The van der Waals surface area contributed by atoms with Crippen LogP contribution in [0.1, 0.15) is 44.0 Å². The lowest BCUT2D eigenvalue weighted by Gasteiger charge is -2.35. The summed E-state index contributed by atoms with van der Waals surface area (Å²) in [5, 5.41) is 3.20. The minimum atomic E-state index is -0.317. The number of piperidine rings is 1. The predicted molar refractivity (Wildman–Crippen MR) is 116 cm³/mol. The number of aromatic nitrogens is 3. The van der Waals surface area contributed by atoms with Crippen LogP contribution in [0.3, 0.4) is 0 Å². The van der Waals surface area contributed by atoms with Gasteiger partial charge in [0.05, 0.1) is 11.7 Å². The van der Waals surface area contributed by atoms with E-state index in [4.69, 9.17) is 9.97 Å². The number of likely N-dealkylation sites (tertiary alicyclic amines) is 1. The predicted octanol–water partition coefficient (Wildman–Crippen LogP) is 4.88. The van der Waals surface area contributed by atoms with Crippen molar-refractivity contribution in [1.29, 1.82) is 0 Å². The number of hydrogen-bond acceptors (Lipinski definition) is 5. The third-order valence-electron chi connectivity index (χ3n) is 5.83. The molecule has 3 aromatic rings. The third-order valence-corrected chi connectivity index (χ3v) is 5.83. The zero-order valence-electron chi connectivity index (χ0n) is 17.2. The molecular formula is C24H24FN5O. The van der Waals surface area contributed by atoms with E-state index in [1.165, 1.54) is 12.1 Å². The molecule has 158 valence electrons. The second-order valence-corrected chi connectivity index (χ2v) is 8.19. The Bertz CT molecular complexity index is 1090. The highest BCUT2D eigenvalue weighted by Gasteiger charge is 2.38. The van der Waals surface area contributed by atoms with Crippen molar-refractivity contribution >= 4 is 17.4 Å². The van der Waals surface area contributed by atoms with E-state index >= 15 is 0 Å². The summed E-state index contributed by atoms with van der Waals surface area (Å²) in [4.78, 5) is 28.6. The van der Waals surface area contributed by atoms with Gasteiger partial charge in [0.1, 0.15) is 11.6 Å². The third kappa shape index (κ3) is 4.40. The van der Waals surface area contributed by atoms with Crippen molar-refractivity contribution in [2.75, 3.05) is 11.9 Å². The van der Waals surface area contributed by atoms with Crippen LogP contribution in [0.15, 0.2) is 54.9 Å². The van der Waals surface area contributed by atoms with Crippen LogP contribution in [0.25, 0.3) is 11.3 Å². The molecule has 5 rings (SSSR count). The molecule has 0 radical (unpaired) electrons. The molecule has 1 N–H and O–H groups in total. The van der Waals surface area contributed by atoms with Gasteiger partial charge >= 0.3 is 0 Å². The smallest absolute Gasteiger partial charge is 0.226 e. The van der Waals surface area contributed by atoms with Crippen LogP contribution in [0.4, 0.5) is 15.9 Å². The highest BCUT2D eigenvalue weighted by Crippen LogP contribution is 2.38. The van der Waals surface area contributed by atoms with Gasteiger partial charge in [-0.3, -0.25) is 9.78 Å². The molecule has 1 aromatic carbocycles. The number of amides is 1. The lowest BCUT2D eigenvalue weighted by Crippen LogP contribution is -2.40. The van der Waals surface area contributed by atoms with E-state index in [2.05, 4.69) is 10.3 Å². The number of pyridine rings is 1. The first kappa shape index (κ1) is 19.6. The quantitative estimate of drug-likeness (QED) is 0.640. The summed E-state index contributed by atoms with van der Waals surface area (Å²) in [6, 6.07) is 11.8. The van der Waals surface area contributed by atoms with Gasteiger partial charge in [-0.25, -0.2) is 14.4 Å². The van der Waals surface area contributed by atoms with Crippen LogP contribution < -0.4 is 5.32 Å². The molecule has 0 spiro atoms. The summed E-state index contributed by atoms with van der Waals surface area (Å²) in [5.41, 5.74) is 2.27. The summed E-state index contributed by atoms with van der Waals surface area (Å²) in [7, 11) is 0. The number of anilines is 2. The minimum Gasteiger partial charge on any atom is -0.340 e. The van der Waals surface area contributed by atoms with Crippen molar-refractivity contribution in [3.63, 3.8) is 0 Å². The topological polar surface area (TPSA) is 71.0 Å². The van der Waals surface area contributed by atoms with Gasteiger partial charge in [-0.1, -0.05) is 6.07 Å². The Morgan fingerprint density at radius 2 is 1.87 bits per heavy atom. The Hall–Kier alpha value is -3.35. The first-order chi connectivity index (χ1) is 15.2. The van der Waals surface area contributed by atoms with Crippen LogP contribution in [0.2, 0.25) is 0 Å². The molecule has 2 aliphatic rings. The summed E-state index contributed by atoms with van der Waals surface area (Å²) in [5.74, 6) is 1.27. The molecule has 0 bridgehead atoms. The monoisotopic (exact) mass is 417 g/mol. The second-order valence-electron chi connectivity index (χ2n) is 8.19. The molecule has 1 aliphatic carbocycles. The van der Waals surface area contributed by atoms with Crippen LogP contribution in [-0.4, -0.2) is 32.3 Å². The second kappa shape index (κ2) is 8.41. The van der Waals surface area contributed by atoms with Crippen molar-refractivity contribution in [2.45, 2.75) is 38.1 Å². The highest BCUT2D eigenvalue weighted by molar-refractivity contribution is 5.81. The molecule has 1 saturated heterocycles. The largest absolute Gasteiger partial charge is 0.340 e. The first-order valence-corrected chi connectivity index (χ1v) is 10.8. The van der Waals surface area contributed by atoms with Gasteiger partial charge in [0.2, 0.25) is 5.91 Å². The van der Waals surface area contributed by atoms with E-state index in [0.29, 0.717) is 17.3 Å². The molecule has 1 amide bonds. The van der Waals surface area contributed by atoms with Gasteiger partial charge < -0.3 is 10.2 Å². The van der Waals surface area contributed by atoms with E-state index in [-0.39, 0.29) is 23.7 Å². The van der Waals surface area contributed by atoms with Gasteiger partial charge in [-0.15, -0.1) is 0 Å². The van der Waals surface area contributed by atoms with Crippen LogP contribution in [-0.2, 0) is 4.79 Å². The number of rotatable bonds is 5. The fourth-order valence-electron chi connectivity index (χ4n) is 4.09. The fraction of sp³-hybridized carbons (Fsp3) is 0.333. The van der Waals surface area contributed by atoms with Crippen molar-refractivity contribution in [1.82, 2.24) is 19.9 Å². The molecule has 31 heavy (non-hydrogen) atoms. The molecule has 2 fully saturated rings. The average molecular weight is 417 g/mol. The maximum absolute atomic E-state index is 13.7. The van der Waals surface area contributed by atoms with E-state index in [1.807, 2.05) is 23.1 Å². The SMILES string of the molecule is O=C(C1CC1)N1CCCCC1c1nc(Nc2cccc(F)c2)cc(-c2ccncc2)n1. The lowest BCUT2D eigenvalue weighted by atomic mass is 10.00. The Morgan fingerprint density at radius 3 is 2.65 bits per heavy atom. The van der Waals surface area contributed by atoms with Crippen LogP contribution in [0, 0.1) is 11.7 Å². The Balaban J connectivity index is 1.54. The van der Waals surface area contributed by atoms with E-state index in [1.54, 1.807) is 24.5 Å². The highest BCUT2D eigenvalue weighted by atomic mass is 19.1. The molecule has 3 heterocycles. The fourth-order valence-corrected chi connectivity index (χ4v) is 4.09. The van der Waals surface area contributed by atoms with Crippen molar-refractivity contribution in [2.24, 2.45) is 5.92 Å². The summed E-state index contributed by atoms with van der Waals surface area (Å²) >= 11 is 0. The summed E-state index contributed by atoms with van der Waals surface area (Å²) in [6.07, 6.45) is 8.29. The van der Waals surface area contributed by atoms with Crippen molar-refractivity contribution in [3.05, 3.63) is 66.5 Å². The molecule has 7 heteroatoms. The molecular weight excluding hydrogens is 393 g/mol. The van der Waals surface area contributed by atoms with Gasteiger partial charge in [0, 0.05) is 42.2 Å². The number of hydrogen-bond donors (Lipinski definition) is 1. The Morgan fingerprint density at radius 1 is 1.03 bits per heavy atom. The summed E-state index contributed by atoms with van der Waals surface area (Å²) in [6.45, 7) is 0.746. The number of nitrogens with one attached hydrogen (secondary N) is 1. The van der Waals surface area contributed by atoms with Gasteiger partial charge in [-0.05, 0) is 62.4 Å². The maximum atomic E-state index is 13.7. The van der Waals surface area contributed by atoms with Crippen molar-refractivity contribution in [3.8, 4) is 11.3 Å². The van der Waals surface area contributed by atoms with Crippen LogP contribution >= 0.6 is 0 Å². The zero-order chi connectivity index (χ0) is 21.2. The number of carbonyl (C=O) groups excluding carboxylic acids is 1. The zero-order valence-corrected chi connectivity index (χ0v) is 17.2. The lowest BCUT2D eigenvalue weighted by molar-refractivity contribution is -0.136. The molecule has 1 aliphatic heterocycles.